The number of hydrogen-bond donors (Lipinski definition) is 4. The molecule has 4 N–H and O–H groups in total. The zero-order chi connectivity index (χ0) is 26.8. The summed E-state index contributed by atoms with van der Waals surface area (Å²) in [6, 6.07) is 6.49. The summed E-state index contributed by atoms with van der Waals surface area (Å²) in [5.74, 6) is -2.46. The minimum atomic E-state index is -1.40. The van der Waals surface area contributed by atoms with E-state index in [0.717, 1.165) is 25.0 Å². The number of carboxylic acid groups (broad SMARTS) is 1. The van der Waals surface area contributed by atoms with E-state index in [2.05, 4.69) is 5.32 Å². The second-order valence-electron chi connectivity index (χ2n) is 8.70. The molecule has 8 nitrogen and oxygen atoms in total. The van der Waals surface area contributed by atoms with Crippen molar-refractivity contribution in [3.8, 4) is 0 Å². The zero-order valence-corrected chi connectivity index (χ0v) is 20.7. The molecular formula is C26H33F2N3O5. The van der Waals surface area contributed by atoms with Crippen LogP contribution < -0.4 is 10.6 Å². The average Bonchev–Trinajstić information content (AvgIpc) is 2.80. The number of halogens is 2. The first-order chi connectivity index (χ1) is 17.0. The number of aryl methyl sites for hydroxylation is 1. The number of amides is 3. The fourth-order valence-corrected chi connectivity index (χ4v) is 3.93. The molecule has 0 heterocycles. The third kappa shape index (κ3) is 8.60. The maximum atomic E-state index is 13.7. The Morgan fingerprint density at radius 3 is 2.08 bits per heavy atom. The maximum absolute atomic E-state index is 13.7. The summed E-state index contributed by atoms with van der Waals surface area (Å²) in [5, 5.41) is 24.1. The molecule has 2 aromatic rings. The predicted octanol–water partition coefficient (Wildman–Crippen LogP) is 3.51. The van der Waals surface area contributed by atoms with Crippen molar-refractivity contribution in [2.75, 3.05) is 19.6 Å². The summed E-state index contributed by atoms with van der Waals surface area (Å²) in [4.78, 5) is 38.8. The van der Waals surface area contributed by atoms with Crippen molar-refractivity contribution in [1.29, 1.82) is 0 Å². The molecule has 0 aliphatic carbocycles. The van der Waals surface area contributed by atoms with Crippen LogP contribution >= 0.6 is 0 Å². The first-order valence-corrected chi connectivity index (χ1v) is 11.9. The van der Waals surface area contributed by atoms with E-state index in [1.54, 1.807) is 24.0 Å². The summed E-state index contributed by atoms with van der Waals surface area (Å²) >= 11 is 0. The number of aliphatic hydroxyl groups is 1. The lowest BCUT2D eigenvalue weighted by Crippen LogP contribution is -2.49. The smallest absolute Gasteiger partial charge is 0.404 e. The Hall–Kier alpha value is -3.53. The van der Waals surface area contributed by atoms with Gasteiger partial charge in [-0.1, -0.05) is 13.8 Å². The van der Waals surface area contributed by atoms with E-state index < -0.39 is 42.3 Å². The summed E-state index contributed by atoms with van der Waals surface area (Å²) in [6.45, 7) is 6.43. The number of nitrogens with zero attached hydrogens (tertiary/aromatic N) is 1. The van der Waals surface area contributed by atoms with Crippen molar-refractivity contribution in [2.24, 2.45) is 0 Å². The monoisotopic (exact) mass is 505 g/mol. The summed E-state index contributed by atoms with van der Waals surface area (Å²) < 4.78 is 27.4. The van der Waals surface area contributed by atoms with Gasteiger partial charge in [0, 0.05) is 36.8 Å². The minimum Gasteiger partial charge on any atom is -0.465 e. The van der Waals surface area contributed by atoms with Crippen molar-refractivity contribution in [3.63, 3.8) is 0 Å². The number of benzene rings is 2. The first kappa shape index (κ1) is 28.7. The summed E-state index contributed by atoms with van der Waals surface area (Å²) in [7, 11) is 0. The van der Waals surface area contributed by atoms with Crippen molar-refractivity contribution in [3.05, 3.63) is 70.3 Å². The van der Waals surface area contributed by atoms with Gasteiger partial charge in [0.1, 0.15) is 11.6 Å². The van der Waals surface area contributed by atoms with Crippen molar-refractivity contribution < 1.29 is 33.4 Å². The third-order valence-corrected chi connectivity index (χ3v) is 5.48. The molecule has 2 rings (SSSR count). The van der Waals surface area contributed by atoms with Gasteiger partial charge >= 0.3 is 6.09 Å². The molecule has 0 radical (unpaired) electrons. The molecule has 2 aromatic carbocycles. The topological polar surface area (TPSA) is 119 Å². The maximum Gasteiger partial charge on any atom is 0.404 e. The van der Waals surface area contributed by atoms with Crippen LogP contribution in [0, 0.1) is 18.6 Å². The van der Waals surface area contributed by atoms with E-state index in [-0.39, 0.29) is 23.5 Å². The number of rotatable bonds is 12. The normalized spacial score (nSPS) is 12.5. The van der Waals surface area contributed by atoms with Crippen LogP contribution in [0.4, 0.5) is 13.6 Å². The van der Waals surface area contributed by atoms with Crippen LogP contribution in [0.5, 0.6) is 0 Å². The van der Waals surface area contributed by atoms with Gasteiger partial charge in [0.15, 0.2) is 0 Å². The average molecular weight is 506 g/mol. The highest BCUT2D eigenvalue weighted by Crippen LogP contribution is 2.16. The molecule has 0 bridgehead atoms. The Labute approximate surface area is 209 Å². The molecule has 1 unspecified atom stereocenters. The molecule has 36 heavy (non-hydrogen) atoms. The van der Waals surface area contributed by atoms with Gasteiger partial charge in [0.05, 0.1) is 12.1 Å². The Morgan fingerprint density at radius 1 is 0.944 bits per heavy atom. The third-order valence-electron chi connectivity index (χ3n) is 5.48. The van der Waals surface area contributed by atoms with Crippen LogP contribution in [0.15, 0.2) is 36.4 Å². The highest BCUT2D eigenvalue weighted by Gasteiger charge is 2.25. The second kappa shape index (κ2) is 13.5. The van der Waals surface area contributed by atoms with Gasteiger partial charge in [-0.2, -0.15) is 0 Å². The van der Waals surface area contributed by atoms with Gasteiger partial charge in [-0.05, 0) is 67.6 Å². The van der Waals surface area contributed by atoms with Crippen molar-refractivity contribution in [2.45, 2.75) is 52.2 Å². The molecule has 0 saturated carbocycles. The van der Waals surface area contributed by atoms with Crippen LogP contribution in [0.1, 0.15) is 58.5 Å². The molecular weight excluding hydrogens is 472 g/mol. The molecule has 2 atom stereocenters. The van der Waals surface area contributed by atoms with Crippen LogP contribution in [0.3, 0.4) is 0 Å². The largest absolute Gasteiger partial charge is 0.465 e. The fraction of sp³-hybridized carbons (Fsp3) is 0.423. The van der Waals surface area contributed by atoms with Gasteiger partial charge in [-0.25, -0.2) is 13.6 Å². The molecule has 3 amide bonds. The minimum absolute atomic E-state index is 0.165. The lowest BCUT2D eigenvalue weighted by Gasteiger charge is -2.25. The van der Waals surface area contributed by atoms with E-state index in [9.17, 15) is 28.3 Å². The Morgan fingerprint density at radius 2 is 1.53 bits per heavy atom. The zero-order valence-electron chi connectivity index (χ0n) is 20.7. The lowest BCUT2D eigenvalue weighted by molar-refractivity contribution is 0.0755. The van der Waals surface area contributed by atoms with Crippen LogP contribution in [-0.4, -0.2) is 64.8 Å². The summed E-state index contributed by atoms with van der Waals surface area (Å²) in [5.41, 5.74) is 1.36. The second-order valence-corrected chi connectivity index (χ2v) is 8.70. The molecule has 0 fully saturated rings. The van der Waals surface area contributed by atoms with Crippen LogP contribution in [-0.2, 0) is 6.42 Å². The summed E-state index contributed by atoms with van der Waals surface area (Å²) in [6.07, 6.45) is -1.36. The molecule has 0 spiro atoms. The SMILES string of the molecule is CCCN(CCC)C(=O)c1cc(C)cc(C(=O)N[C@@H](Cc2cc(F)cc(F)c2)C(O)CNC(=O)O)c1. The molecule has 0 aromatic heterocycles. The molecule has 196 valence electrons. The van der Waals surface area contributed by atoms with Gasteiger partial charge in [-0.3, -0.25) is 9.59 Å². The molecule has 0 aliphatic rings. The number of carbonyl (C=O) groups excluding carboxylic acids is 2. The van der Waals surface area contributed by atoms with E-state index in [1.165, 1.54) is 6.07 Å². The van der Waals surface area contributed by atoms with Crippen molar-refractivity contribution in [1.82, 2.24) is 15.5 Å². The molecule has 0 aliphatic heterocycles. The lowest BCUT2D eigenvalue weighted by atomic mass is 9.99. The number of nitrogens with one attached hydrogen (secondary N) is 2. The standard InChI is InChI=1S/C26H33F2N3O5/c1-4-6-31(7-5-2)25(34)19-9-16(3)8-18(13-19)24(33)30-22(23(32)15-29-26(35)36)12-17-10-20(27)14-21(28)11-17/h8-11,13-14,22-23,29,32H,4-7,12,15H2,1-3H3,(H,30,33)(H,35,36)/t22-,23?/m0/s1. The van der Waals surface area contributed by atoms with E-state index in [4.69, 9.17) is 5.11 Å². The number of hydrogen-bond acceptors (Lipinski definition) is 4. The highest BCUT2D eigenvalue weighted by molar-refractivity contribution is 6.00. The fourth-order valence-electron chi connectivity index (χ4n) is 3.93. The van der Waals surface area contributed by atoms with Gasteiger partial charge in [0.25, 0.3) is 11.8 Å². The van der Waals surface area contributed by atoms with Gasteiger partial charge in [-0.15, -0.1) is 0 Å². The van der Waals surface area contributed by atoms with Crippen LogP contribution in [0.25, 0.3) is 0 Å². The van der Waals surface area contributed by atoms with Gasteiger partial charge in [0.2, 0.25) is 0 Å². The first-order valence-electron chi connectivity index (χ1n) is 11.9. The van der Waals surface area contributed by atoms with E-state index in [0.29, 0.717) is 30.3 Å². The quantitative estimate of drug-likeness (QED) is 0.352. The van der Waals surface area contributed by atoms with Gasteiger partial charge < -0.3 is 25.7 Å². The Balaban J connectivity index is 2.31. The van der Waals surface area contributed by atoms with E-state index in [1.807, 2.05) is 19.2 Å². The molecule has 0 saturated heterocycles. The Bertz CT molecular complexity index is 1050. The molecule has 10 heteroatoms. The van der Waals surface area contributed by atoms with E-state index >= 15 is 0 Å². The predicted molar refractivity (Wildman–Crippen MR) is 131 cm³/mol. The number of aliphatic hydroxyl groups excluding tert-OH is 1. The van der Waals surface area contributed by atoms with Crippen molar-refractivity contribution >= 4 is 17.9 Å². The highest BCUT2D eigenvalue weighted by atomic mass is 19.1. The van der Waals surface area contributed by atoms with Crippen LogP contribution in [0.2, 0.25) is 0 Å². The number of carbonyl (C=O) groups is 3. The Kier molecular flexibility index (Phi) is 10.8.